The van der Waals surface area contributed by atoms with Gasteiger partial charge in [-0.1, -0.05) is 12.1 Å². The molecular weight excluding hydrogens is 200 g/mol. The van der Waals surface area contributed by atoms with E-state index in [0.717, 1.165) is 29.5 Å². The monoisotopic (exact) mass is 216 g/mol. The van der Waals surface area contributed by atoms with Gasteiger partial charge in [0.05, 0.1) is 5.69 Å². The van der Waals surface area contributed by atoms with Crippen LogP contribution >= 0.6 is 0 Å². The number of rotatable bonds is 2. The van der Waals surface area contributed by atoms with Gasteiger partial charge in [-0.3, -0.25) is 0 Å². The van der Waals surface area contributed by atoms with E-state index in [1.165, 1.54) is 6.42 Å². The van der Waals surface area contributed by atoms with Crippen molar-refractivity contribution in [3.63, 3.8) is 0 Å². The van der Waals surface area contributed by atoms with Gasteiger partial charge in [0.25, 0.3) is 0 Å². The summed E-state index contributed by atoms with van der Waals surface area (Å²) in [6.07, 6.45) is 5.28. The van der Waals surface area contributed by atoms with Crippen molar-refractivity contribution in [2.45, 2.75) is 31.3 Å². The number of hydrogen-bond donors (Lipinski definition) is 2. The Morgan fingerprint density at radius 2 is 2.12 bits per heavy atom. The van der Waals surface area contributed by atoms with Crippen LogP contribution in [0.3, 0.4) is 0 Å². The lowest BCUT2D eigenvalue weighted by Gasteiger charge is -2.17. The van der Waals surface area contributed by atoms with E-state index in [1.54, 1.807) is 6.26 Å². The van der Waals surface area contributed by atoms with Crippen molar-refractivity contribution in [2.75, 3.05) is 5.32 Å². The molecule has 1 heterocycles. The molecule has 16 heavy (non-hydrogen) atoms. The molecule has 3 nitrogen and oxygen atoms in total. The summed E-state index contributed by atoms with van der Waals surface area (Å²) in [5.41, 5.74) is 8.04. The van der Waals surface area contributed by atoms with Crippen molar-refractivity contribution in [3.8, 4) is 0 Å². The van der Waals surface area contributed by atoms with Gasteiger partial charge in [-0.15, -0.1) is 0 Å². The topological polar surface area (TPSA) is 51.2 Å². The van der Waals surface area contributed by atoms with Gasteiger partial charge in [0, 0.05) is 17.5 Å². The molecular formula is C13H16N2O. The first-order valence-electron chi connectivity index (χ1n) is 5.83. The van der Waals surface area contributed by atoms with Crippen LogP contribution in [0.5, 0.6) is 0 Å². The zero-order valence-electron chi connectivity index (χ0n) is 9.15. The third-order valence-corrected chi connectivity index (χ3v) is 3.39. The maximum atomic E-state index is 6.05. The van der Waals surface area contributed by atoms with Crippen LogP contribution in [0.1, 0.15) is 19.3 Å². The fourth-order valence-corrected chi connectivity index (χ4v) is 2.46. The summed E-state index contributed by atoms with van der Waals surface area (Å²) in [6.45, 7) is 0. The molecule has 0 saturated heterocycles. The molecule has 2 atom stereocenters. The molecule has 1 aromatic heterocycles. The molecule has 0 amide bonds. The second kappa shape index (κ2) is 3.83. The molecule has 2 unspecified atom stereocenters. The molecule has 1 aliphatic rings. The SMILES string of the molecule is NC1CCCC1Nc1coc2ccccc12. The molecule has 3 heteroatoms. The number of fused-ring (bicyclic) bond motifs is 1. The Kier molecular flexibility index (Phi) is 2.33. The van der Waals surface area contributed by atoms with E-state index in [1.807, 2.05) is 18.2 Å². The van der Waals surface area contributed by atoms with Crippen molar-refractivity contribution in [3.05, 3.63) is 30.5 Å². The van der Waals surface area contributed by atoms with Crippen molar-refractivity contribution < 1.29 is 4.42 Å². The predicted octanol–water partition coefficient (Wildman–Crippen LogP) is 2.72. The molecule has 0 bridgehead atoms. The van der Waals surface area contributed by atoms with Crippen LogP contribution in [0.4, 0.5) is 5.69 Å². The van der Waals surface area contributed by atoms with Gasteiger partial charge in [-0.05, 0) is 31.4 Å². The van der Waals surface area contributed by atoms with Crippen LogP contribution in [0.15, 0.2) is 34.9 Å². The number of hydrogen-bond acceptors (Lipinski definition) is 3. The average Bonchev–Trinajstić information content (AvgIpc) is 2.88. The molecule has 1 fully saturated rings. The number of para-hydroxylation sites is 1. The Hall–Kier alpha value is -1.48. The van der Waals surface area contributed by atoms with Crippen molar-refractivity contribution >= 4 is 16.7 Å². The van der Waals surface area contributed by atoms with Gasteiger partial charge in [0.1, 0.15) is 11.8 Å². The summed E-state index contributed by atoms with van der Waals surface area (Å²) >= 11 is 0. The minimum Gasteiger partial charge on any atom is -0.462 e. The number of nitrogens with one attached hydrogen (secondary N) is 1. The lowest BCUT2D eigenvalue weighted by atomic mass is 10.1. The first kappa shape index (κ1) is 9.73. The molecule has 1 saturated carbocycles. The summed E-state index contributed by atoms with van der Waals surface area (Å²) < 4.78 is 5.49. The summed E-state index contributed by atoms with van der Waals surface area (Å²) in [4.78, 5) is 0. The smallest absolute Gasteiger partial charge is 0.136 e. The molecule has 0 radical (unpaired) electrons. The molecule has 2 aromatic rings. The average molecular weight is 216 g/mol. The standard InChI is InChI=1S/C13H16N2O/c14-10-5-3-6-11(10)15-12-8-16-13-7-2-1-4-9(12)13/h1-2,4,7-8,10-11,15H,3,5-6,14H2. The van der Waals surface area contributed by atoms with Crippen molar-refractivity contribution in [1.82, 2.24) is 0 Å². The summed E-state index contributed by atoms with van der Waals surface area (Å²) in [6, 6.07) is 8.72. The zero-order valence-corrected chi connectivity index (χ0v) is 9.15. The number of nitrogens with two attached hydrogens (primary N) is 1. The molecule has 84 valence electrons. The number of benzene rings is 1. The van der Waals surface area contributed by atoms with E-state index in [-0.39, 0.29) is 6.04 Å². The predicted molar refractivity (Wildman–Crippen MR) is 65.5 cm³/mol. The number of furan rings is 1. The maximum Gasteiger partial charge on any atom is 0.136 e. The third kappa shape index (κ3) is 1.57. The normalized spacial score (nSPS) is 25.1. The lowest BCUT2D eigenvalue weighted by Crippen LogP contribution is -2.35. The van der Waals surface area contributed by atoms with Gasteiger partial charge in [-0.25, -0.2) is 0 Å². The van der Waals surface area contributed by atoms with Crippen molar-refractivity contribution in [1.29, 1.82) is 0 Å². The van der Waals surface area contributed by atoms with E-state index >= 15 is 0 Å². The fourth-order valence-electron chi connectivity index (χ4n) is 2.46. The second-order valence-electron chi connectivity index (χ2n) is 4.49. The van der Waals surface area contributed by atoms with Crippen LogP contribution in [-0.2, 0) is 0 Å². The quantitative estimate of drug-likeness (QED) is 0.811. The van der Waals surface area contributed by atoms with Crippen LogP contribution in [-0.4, -0.2) is 12.1 Å². The summed E-state index contributed by atoms with van der Waals surface area (Å²) in [7, 11) is 0. The van der Waals surface area contributed by atoms with Crippen molar-refractivity contribution in [2.24, 2.45) is 5.73 Å². The number of anilines is 1. The Labute approximate surface area is 94.6 Å². The van der Waals surface area contributed by atoms with Gasteiger partial charge < -0.3 is 15.5 Å². The third-order valence-electron chi connectivity index (χ3n) is 3.39. The van der Waals surface area contributed by atoms with Gasteiger partial charge in [-0.2, -0.15) is 0 Å². The molecule has 0 spiro atoms. The van der Waals surface area contributed by atoms with Crippen LogP contribution in [0, 0.1) is 0 Å². The Morgan fingerprint density at radius 1 is 1.25 bits per heavy atom. The Balaban J connectivity index is 1.89. The fraction of sp³-hybridized carbons (Fsp3) is 0.385. The second-order valence-corrected chi connectivity index (χ2v) is 4.49. The zero-order chi connectivity index (χ0) is 11.0. The van der Waals surface area contributed by atoms with Gasteiger partial charge in [0.2, 0.25) is 0 Å². The largest absolute Gasteiger partial charge is 0.462 e. The molecule has 3 rings (SSSR count). The van der Waals surface area contributed by atoms with E-state index in [9.17, 15) is 0 Å². The van der Waals surface area contributed by atoms with E-state index in [0.29, 0.717) is 6.04 Å². The molecule has 1 aromatic carbocycles. The highest BCUT2D eigenvalue weighted by Gasteiger charge is 2.24. The molecule has 1 aliphatic carbocycles. The van der Waals surface area contributed by atoms with Gasteiger partial charge >= 0.3 is 0 Å². The molecule has 0 aliphatic heterocycles. The summed E-state index contributed by atoms with van der Waals surface area (Å²) in [5, 5.41) is 4.64. The summed E-state index contributed by atoms with van der Waals surface area (Å²) in [5.74, 6) is 0. The van der Waals surface area contributed by atoms with Crippen LogP contribution in [0.2, 0.25) is 0 Å². The molecule has 3 N–H and O–H groups in total. The van der Waals surface area contributed by atoms with E-state index in [2.05, 4.69) is 11.4 Å². The Morgan fingerprint density at radius 3 is 2.94 bits per heavy atom. The van der Waals surface area contributed by atoms with E-state index < -0.39 is 0 Å². The highest BCUT2D eigenvalue weighted by atomic mass is 16.3. The first-order valence-corrected chi connectivity index (χ1v) is 5.83. The van der Waals surface area contributed by atoms with Crippen LogP contribution in [0.25, 0.3) is 11.0 Å². The van der Waals surface area contributed by atoms with Crippen LogP contribution < -0.4 is 11.1 Å². The highest BCUT2D eigenvalue weighted by molar-refractivity contribution is 5.90. The Bertz CT molecular complexity index is 491. The van der Waals surface area contributed by atoms with E-state index in [4.69, 9.17) is 10.2 Å². The van der Waals surface area contributed by atoms with Gasteiger partial charge in [0.15, 0.2) is 0 Å². The minimum atomic E-state index is 0.272. The first-order chi connectivity index (χ1) is 7.84. The lowest BCUT2D eigenvalue weighted by molar-refractivity contribution is 0.609. The maximum absolute atomic E-state index is 6.05. The highest BCUT2D eigenvalue weighted by Crippen LogP contribution is 2.28. The minimum absolute atomic E-state index is 0.272.